The Bertz CT molecular complexity index is 812. The summed E-state index contributed by atoms with van der Waals surface area (Å²) in [6.07, 6.45) is 2.31. The first-order valence-electron chi connectivity index (χ1n) is 7.54. The van der Waals surface area contributed by atoms with Gasteiger partial charge in [0.15, 0.2) is 0 Å². The Hall–Kier alpha value is -2.66. The molecule has 0 aliphatic rings. The van der Waals surface area contributed by atoms with Crippen LogP contribution in [0.1, 0.15) is 15.9 Å². The summed E-state index contributed by atoms with van der Waals surface area (Å²) in [5.41, 5.74) is 3.38. The number of benzene rings is 2. The van der Waals surface area contributed by atoms with Gasteiger partial charge < -0.3 is 15.0 Å². The van der Waals surface area contributed by atoms with Crippen molar-refractivity contribution in [3.63, 3.8) is 0 Å². The van der Waals surface area contributed by atoms with Gasteiger partial charge in [-0.1, -0.05) is 30.3 Å². The molecule has 3 aromatic rings. The Labute approximate surface area is 134 Å². The molecular formula is C18H19N3O2. The van der Waals surface area contributed by atoms with Gasteiger partial charge in [-0.2, -0.15) is 0 Å². The molecule has 1 amide bonds. The third kappa shape index (κ3) is 3.40. The average Bonchev–Trinajstić information content (AvgIpc) is 2.95. The highest BCUT2D eigenvalue weighted by Gasteiger charge is 2.14. The number of hydrogen-bond acceptors (Lipinski definition) is 3. The van der Waals surface area contributed by atoms with Crippen molar-refractivity contribution >= 4 is 16.9 Å². The van der Waals surface area contributed by atoms with Crippen molar-refractivity contribution in [2.75, 3.05) is 6.61 Å². The summed E-state index contributed by atoms with van der Waals surface area (Å²) in [5.74, 6) is -0.201. The highest BCUT2D eigenvalue weighted by molar-refractivity contribution is 5.97. The fraction of sp³-hybridized carbons (Fsp3) is 0.222. The molecule has 0 bridgehead atoms. The van der Waals surface area contributed by atoms with Gasteiger partial charge in [-0.15, -0.1) is 0 Å². The normalized spacial score (nSPS) is 12.3. The van der Waals surface area contributed by atoms with Gasteiger partial charge in [-0.05, 0) is 30.2 Å². The van der Waals surface area contributed by atoms with E-state index in [1.807, 2.05) is 48.0 Å². The third-order valence-electron chi connectivity index (χ3n) is 3.87. The smallest absolute Gasteiger partial charge is 0.251 e. The summed E-state index contributed by atoms with van der Waals surface area (Å²) >= 11 is 0. The molecule has 0 saturated heterocycles. The number of aryl methyl sites for hydroxylation is 1. The molecule has 5 heteroatoms. The number of imidazole rings is 1. The molecule has 1 atom stereocenters. The summed E-state index contributed by atoms with van der Waals surface area (Å²) in [5, 5.41) is 12.4. The molecule has 1 heterocycles. The van der Waals surface area contributed by atoms with E-state index in [4.69, 9.17) is 0 Å². The van der Waals surface area contributed by atoms with Crippen LogP contribution in [0.2, 0.25) is 0 Å². The first kappa shape index (κ1) is 15.2. The number of nitrogens with zero attached hydrogens (tertiary/aromatic N) is 2. The second-order valence-electron chi connectivity index (χ2n) is 5.60. The molecule has 0 spiro atoms. The quantitative estimate of drug-likeness (QED) is 0.756. The van der Waals surface area contributed by atoms with Crippen LogP contribution < -0.4 is 5.32 Å². The second kappa shape index (κ2) is 6.62. The monoisotopic (exact) mass is 309 g/mol. The van der Waals surface area contributed by atoms with Crippen molar-refractivity contribution < 1.29 is 9.90 Å². The lowest BCUT2D eigenvalue weighted by molar-refractivity contribution is 0.0916. The number of carbonyl (C=O) groups is 1. The van der Waals surface area contributed by atoms with Crippen molar-refractivity contribution in [3.8, 4) is 0 Å². The maximum atomic E-state index is 12.4. The van der Waals surface area contributed by atoms with Crippen LogP contribution in [-0.2, 0) is 13.5 Å². The van der Waals surface area contributed by atoms with Crippen LogP contribution in [-0.4, -0.2) is 33.2 Å². The van der Waals surface area contributed by atoms with E-state index in [2.05, 4.69) is 10.3 Å². The zero-order valence-electron chi connectivity index (χ0n) is 12.9. The molecule has 1 aromatic heterocycles. The van der Waals surface area contributed by atoms with Gasteiger partial charge in [0.2, 0.25) is 0 Å². The summed E-state index contributed by atoms with van der Waals surface area (Å²) in [6, 6.07) is 14.9. The molecule has 0 saturated carbocycles. The van der Waals surface area contributed by atoms with Crippen LogP contribution in [0.15, 0.2) is 54.9 Å². The molecule has 0 aliphatic carbocycles. The number of nitrogens with one attached hydrogen (secondary N) is 1. The molecule has 0 radical (unpaired) electrons. The Morgan fingerprint density at radius 1 is 1.26 bits per heavy atom. The Morgan fingerprint density at radius 3 is 2.78 bits per heavy atom. The van der Waals surface area contributed by atoms with Crippen molar-refractivity contribution in [3.05, 3.63) is 66.0 Å². The standard InChI is InChI=1S/C18H19N3O2/c1-21-12-19-16-10-14(7-8-17(16)21)18(23)20-15(11-22)9-13-5-3-2-4-6-13/h2-8,10,12,15,22H,9,11H2,1H3,(H,20,23)/t15-/m0/s1. The lowest BCUT2D eigenvalue weighted by atomic mass is 10.1. The van der Waals surface area contributed by atoms with Gasteiger partial charge in [-0.25, -0.2) is 4.98 Å². The fourth-order valence-electron chi connectivity index (χ4n) is 2.61. The van der Waals surface area contributed by atoms with Crippen LogP contribution in [0.3, 0.4) is 0 Å². The number of aromatic nitrogens is 2. The fourth-order valence-corrected chi connectivity index (χ4v) is 2.61. The van der Waals surface area contributed by atoms with Crippen LogP contribution in [0.5, 0.6) is 0 Å². The first-order valence-corrected chi connectivity index (χ1v) is 7.54. The largest absolute Gasteiger partial charge is 0.394 e. The van der Waals surface area contributed by atoms with Crippen LogP contribution >= 0.6 is 0 Å². The number of fused-ring (bicyclic) bond motifs is 1. The van der Waals surface area contributed by atoms with E-state index in [-0.39, 0.29) is 18.6 Å². The van der Waals surface area contributed by atoms with Crippen molar-refractivity contribution in [2.45, 2.75) is 12.5 Å². The van der Waals surface area contributed by atoms with Gasteiger partial charge in [-0.3, -0.25) is 4.79 Å². The number of amides is 1. The summed E-state index contributed by atoms with van der Waals surface area (Å²) in [6.45, 7) is -0.105. The van der Waals surface area contributed by atoms with E-state index in [0.717, 1.165) is 16.6 Å². The molecule has 118 valence electrons. The van der Waals surface area contributed by atoms with Crippen LogP contribution in [0, 0.1) is 0 Å². The van der Waals surface area contributed by atoms with Gasteiger partial charge in [0.1, 0.15) is 0 Å². The van der Waals surface area contributed by atoms with Crippen molar-refractivity contribution in [1.82, 2.24) is 14.9 Å². The summed E-state index contributed by atoms with van der Waals surface area (Å²) in [7, 11) is 1.91. The topological polar surface area (TPSA) is 67.2 Å². The lowest BCUT2D eigenvalue weighted by Crippen LogP contribution is -2.39. The van der Waals surface area contributed by atoms with Gasteiger partial charge in [0, 0.05) is 12.6 Å². The van der Waals surface area contributed by atoms with Crippen molar-refractivity contribution in [2.24, 2.45) is 7.05 Å². The number of carbonyl (C=O) groups excluding carboxylic acids is 1. The van der Waals surface area contributed by atoms with Crippen LogP contribution in [0.25, 0.3) is 11.0 Å². The maximum Gasteiger partial charge on any atom is 0.251 e. The number of rotatable bonds is 5. The molecule has 2 aromatic carbocycles. The summed E-state index contributed by atoms with van der Waals surface area (Å²) < 4.78 is 1.91. The number of hydrogen-bond donors (Lipinski definition) is 2. The Kier molecular flexibility index (Phi) is 4.39. The number of aliphatic hydroxyl groups is 1. The molecule has 0 unspecified atom stereocenters. The second-order valence-corrected chi connectivity index (χ2v) is 5.60. The highest BCUT2D eigenvalue weighted by Crippen LogP contribution is 2.14. The molecule has 2 N–H and O–H groups in total. The molecule has 5 nitrogen and oxygen atoms in total. The van der Waals surface area contributed by atoms with E-state index >= 15 is 0 Å². The van der Waals surface area contributed by atoms with Gasteiger partial charge in [0.25, 0.3) is 5.91 Å². The minimum absolute atomic E-state index is 0.105. The number of aliphatic hydroxyl groups excluding tert-OH is 1. The Balaban J connectivity index is 1.73. The van der Waals surface area contributed by atoms with Gasteiger partial charge >= 0.3 is 0 Å². The molecular weight excluding hydrogens is 290 g/mol. The predicted octanol–water partition coefficient (Wildman–Crippen LogP) is 1.91. The zero-order chi connectivity index (χ0) is 16.2. The first-order chi connectivity index (χ1) is 11.2. The lowest BCUT2D eigenvalue weighted by Gasteiger charge is -2.16. The molecule has 0 aliphatic heterocycles. The van der Waals surface area contributed by atoms with Gasteiger partial charge in [0.05, 0.1) is 30.0 Å². The van der Waals surface area contributed by atoms with E-state index in [1.54, 1.807) is 18.5 Å². The SMILES string of the molecule is Cn1cnc2cc(C(=O)N[C@H](CO)Cc3ccccc3)ccc21. The van der Waals surface area contributed by atoms with Crippen molar-refractivity contribution in [1.29, 1.82) is 0 Å². The molecule has 3 rings (SSSR count). The van der Waals surface area contributed by atoms with Crippen LogP contribution in [0.4, 0.5) is 0 Å². The predicted molar refractivity (Wildman–Crippen MR) is 89.2 cm³/mol. The Morgan fingerprint density at radius 2 is 2.04 bits per heavy atom. The average molecular weight is 309 g/mol. The summed E-state index contributed by atoms with van der Waals surface area (Å²) in [4.78, 5) is 16.7. The van der Waals surface area contributed by atoms with E-state index in [0.29, 0.717) is 12.0 Å². The highest BCUT2D eigenvalue weighted by atomic mass is 16.3. The minimum Gasteiger partial charge on any atom is -0.394 e. The third-order valence-corrected chi connectivity index (χ3v) is 3.87. The van der Waals surface area contributed by atoms with E-state index < -0.39 is 0 Å². The maximum absolute atomic E-state index is 12.4. The minimum atomic E-state index is -0.315. The molecule has 23 heavy (non-hydrogen) atoms. The molecule has 0 fully saturated rings. The van der Waals surface area contributed by atoms with E-state index in [9.17, 15) is 9.90 Å². The zero-order valence-corrected chi connectivity index (χ0v) is 12.9. The van der Waals surface area contributed by atoms with E-state index in [1.165, 1.54) is 0 Å².